The molecule has 0 fully saturated rings. The Labute approximate surface area is 112 Å². The van der Waals surface area contributed by atoms with Gasteiger partial charge in [-0.15, -0.1) is 0 Å². The van der Waals surface area contributed by atoms with Crippen LogP contribution in [0.1, 0.15) is 5.56 Å². The number of carboxylic acid groups (broad SMARTS) is 1. The fraction of sp³-hybridized carbons (Fsp3) is 0.273. The molecule has 0 heterocycles. The van der Waals surface area contributed by atoms with Gasteiger partial charge in [-0.3, -0.25) is 0 Å². The Hall–Kier alpha value is -1.31. The lowest BCUT2D eigenvalue weighted by atomic mass is 10.1. The van der Waals surface area contributed by atoms with Crippen LogP contribution in [-0.2, 0) is 20.7 Å². The van der Waals surface area contributed by atoms with Crippen LogP contribution in [0.5, 0.6) is 0 Å². The number of alkyl halides is 1. The molecular formula is C11H11IO5. The highest BCUT2D eigenvalue weighted by Crippen LogP contribution is 2.07. The maximum absolute atomic E-state index is 11.0. The van der Waals surface area contributed by atoms with Gasteiger partial charge in [0.05, 0.1) is 0 Å². The molecule has 1 aromatic carbocycles. The van der Waals surface area contributed by atoms with Gasteiger partial charge in [0.2, 0.25) is 6.10 Å². The fourth-order valence-corrected chi connectivity index (χ4v) is 1.46. The van der Waals surface area contributed by atoms with Gasteiger partial charge in [0.15, 0.2) is 0 Å². The van der Waals surface area contributed by atoms with Gasteiger partial charge in [-0.2, -0.15) is 0 Å². The van der Waals surface area contributed by atoms with Crippen molar-refractivity contribution in [3.8, 4) is 0 Å². The summed E-state index contributed by atoms with van der Waals surface area (Å²) in [6.07, 6.45) is -2.08. The Bertz CT molecular complexity index is 379. The summed E-state index contributed by atoms with van der Waals surface area (Å²) in [5.74, 6) is -1.20. The van der Waals surface area contributed by atoms with Gasteiger partial charge in [-0.25, -0.2) is 9.59 Å². The molecular weight excluding hydrogens is 339 g/mol. The molecule has 1 rings (SSSR count). The van der Waals surface area contributed by atoms with Crippen LogP contribution < -0.4 is 0 Å². The first-order valence-electron chi connectivity index (χ1n) is 4.79. The zero-order valence-corrected chi connectivity index (χ0v) is 11.0. The summed E-state index contributed by atoms with van der Waals surface area (Å²) in [7, 11) is 0. The number of hydrogen-bond acceptors (Lipinski definition) is 4. The van der Waals surface area contributed by atoms with E-state index in [0.29, 0.717) is 0 Å². The van der Waals surface area contributed by atoms with E-state index in [4.69, 9.17) is 9.84 Å². The highest BCUT2D eigenvalue weighted by atomic mass is 127. The van der Waals surface area contributed by atoms with Crippen molar-refractivity contribution < 1.29 is 24.2 Å². The van der Waals surface area contributed by atoms with Gasteiger partial charge in [0.25, 0.3) is 0 Å². The third-order valence-corrected chi connectivity index (χ3v) is 2.26. The zero-order valence-electron chi connectivity index (χ0n) is 8.84. The molecule has 1 N–H and O–H groups in total. The number of benzene rings is 1. The van der Waals surface area contributed by atoms with Crippen LogP contribution in [0, 0.1) is 0 Å². The maximum Gasteiger partial charge on any atom is 0.509 e. The first-order chi connectivity index (χ1) is 8.13. The number of halogens is 1. The zero-order chi connectivity index (χ0) is 12.7. The molecule has 1 aromatic rings. The van der Waals surface area contributed by atoms with Crippen LogP contribution in [0.2, 0.25) is 0 Å². The Balaban J connectivity index is 2.61. The molecule has 17 heavy (non-hydrogen) atoms. The van der Waals surface area contributed by atoms with E-state index in [-0.39, 0.29) is 11.0 Å². The van der Waals surface area contributed by atoms with Crippen molar-refractivity contribution >= 4 is 34.7 Å². The molecule has 5 nitrogen and oxygen atoms in total. The average molecular weight is 350 g/mol. The monoisotopic (exact) mass is 350 g/mol. The van der Waals surface area contributed by atoms with Crippen molar-refractivity contribution in [1.29, 1.82) is 0 Å². The minimum atomic E-state index is -1.23. The van der Waals surface area contributed by atoms with E-state index >= 15 is 0 Å². The second kappa shape index (κ2) is 7.10. The summed E-state index contributed by atoms with van der Waals surface area (Å²) in [6, 6.07) is 8.94. The molecule has 6 heteroatoms. The minimum absolute atomic E-state index is 0.118. The summed E-state index contributed by atoms with van der Waals surface area (Å²) >= 11 is 1.82. The van der Waals surface area contributed by atoms with Crippen molar-refractivity contribution in [2.75, 3.05) is 4.61 Å². The van der Waals surface area contributed by atoms with Crippen molar-refractivity contribution in [2.24, 2.45) is 0 Å². The molecule has 0 aliphatic rings. The van der Waals surface area contributed by atoms with Crippen molar-refractivity contribution in [3.63, 3.8) is 0 Å². The summed E-state index contributed by atoms with van der Waals surface area (Å²) in [5.41, 5.74) is 0.780. The molecule has 1 atom stereocenters. The largest absolute Gasteiger partial charge is 0.509 e. The number of carbonyl (C=O) groups excluding carboxylic acids is 1. The molecule has 0 saturated heterocycles. The third kappa shape index (κ3) is 5.03. The van der Waals surface area contributed by atoms with E-state index in [1.807, 2.05) is 28.7 Å². The number of rotatable bonds is 5. The highest BCUT2D eigenvalue weighted by Gasteiger charge is 2.23. The third-order valence-electron chi connectivity index (χ3n) is 1.95. The number of ether oxygens (including phenoxy) is 2. The summed E-state index contributed by atoms with van der Waals surface area (Å²) in [5, 5.41) is 8.92. The molecule has 0 aliphatic carbocycles. The number of aliphatic carboxylic acids is 1. The van der Waals surface area contributed by atoms with Gasteiger partial charge < -0.3 is 14.6 Å². The molecule has 0 saturated carbocycles. The van der Waals surface area contributed by atoms with Gasteiger partial charge >= 0.3 is 12.1 Å². The molecule has 0 bridgehead atoms. The summed E-state index contributed by atoms with van der Waals surface area (Å²) < 4.78 is 9.33. The lowest BCUT2D eigenvalue weighted by molar-refractivity contribution is -0.148. The highest BCUT2D eigenvalue weighted by molar-refractivity contribution is 14.1. The number of hydrogen-bond donors (Lipinski definition) is 1. The second-order valence-corrected chi connectivity index (χ2v) is 3.76. The summed E-state index contributed by atoms with van der Waals surface area (Å²) in [6.45, 7) is 0. The molecule has 0 amide bonds. The van der Waals surface area contributed by atoms with Crippen LogP contribution in [0.3, 0.4) is 0 Å². The fourth-order valence-electron chi connectivity index (χ4n) is 1.20. The van der Waals surface area contributed by atoms with Crippen molar-refractivity contribution in [1.82, 2.24) is 0 Å². The average Bonchev–Trinajstić information content (AvgIpc) is 2.29. The number of carboxylic acids is 1. The van der Waals surface area contributed by atoms with E-state index in [9.17, 15) is 9.59 Å². The SMILES string of the molecule is O=C(OCI)OC(Cc1ccccc1)C(=O)O. The topological polar surface area (TPSA) is 72.8 Å². The number of carbonyl (C=O) groups is 2. The molecule has 0 aromatic heterocycles. The van der Waals surface area contributed by atoms with Crippen LogP contribution in [0.15, 0.2) is 30.3 Å². The van der Waals surface area contributed by atoms with Gasteiger partial charge in [-0.1, -0.05) is 30.3 Å². The van der Waals surface area contributed by atoms with Crippen LogP contribution in [-0.4, -0.2) is 27.9 Å². The van der Waals surface area contributed by atoms with Gasteiger partial charge in [0.1, 0.15) is 4.61 Å². The molecule has 0 spiro atoms. The first kappa shape index (κ1) is 13.8. The smallest absolute Gasteiger partial charge is 0.478 e. The van der Waals surface area contributed by atoms with E-state index in [1.54, 1.807) is 24.3 Å². The Morgan fingerprint density at radius 1 is 1.29 bits per heavy atom. The van der Waals surface area contributed by atoms with Gasteiger partial charge in [-0.05, 0) is 28.2 Å². The van der Waals surface area contributed by atoms with Crippen molar-refractivity contribution in [3.05, 3.63) is 35.9 Å². The van der Waals surface area contributed by atoms with E-state index in [0.717, 1.165) is 5.56 Å². The lowest BCUT2D eigenvalue weighted by Crippen LogP contribution is -2.29. The quantitative estimate of drug-likeness (QED) is 0.501. The molecule has 0 radical (unpaired) electrons. The van der Waals surface area contributed by atoms with E-state index < -0.39 is 18.2 Å². The van der Waals surface area contributed by atoms with E-state index in [2.05, 4.69) is 4.74 Å². The minimum Gasteiger partial charge on any atom is -0.478 e. The van der Waals surface area contributed by atoms with Crippen LogP contribution in [0.4, 0.5) is 4.79 Å². The standard InChI is InChI=1S/C11H11IO5/c12-7-16-11(15)17-9(10(13)14)6-8-4-2-1-3-5-8/h1-5,9H,6-7H2,(H,13,14). The van der Waals surface area contributed by atoms with E-state index in [1.165, 1.54) is 0 Å². The predicted octanol–water partition coefficient (Wildman–Crippen LogP) is 2.23. The molecule has 92 valence electrons. The Kier molecular flexibility index (Phi) is 5.75. The first-order valence-corrected chi connectivity index (χ1v) is 6.32. The maximum atomic E-state index is 11.0. The second-order valence-electron chi connectivity index (χ2n) is 3.14. The van der Waals surface area contributed by atoms with Crippen LogP contribution >= 0.6 is 22.6 Å². The molecule has 0 aliphatic heterocycles. The van der Waals surface area contributed by atoms with Gasteiger partial charge in [0, 0.05) is 6.42 Å². The van der Waals surface area contributed by atoms with Crippen LogP contribution in [0.25, 0.3) is 0 Å². The van der Waals surface area contributed by atoms with Crippen molar-refractivity contribution in [2.45, 2.75) is 12.5 Å². The predicted molar refractivity (Wildman–Crippen MR) is 68.0 cm³/mol. The Morgan fingerprint density at radius 2 is 1.94 bits per heavy atom. The lowest BCUT2D eigenvalue weighted by Gasteiger charge is -2.12. The Morgan fingerprint density at radius 3 is 2.47 bits per heavy atom. The molecule has 1 unspecified atom stereocenters. The summed E-state index contributed by atoms with van der Waals surface area (Å²) in [4.78, 5) is 21.9. The normalized spacial score (nSPS) is 11.6.